The van der Waals surface area contributed by atoms with Crippen LogP contribution in [0, 0.1) is 6.92 Å². The summed E-state index contributed by atoms with van der Waals surface area (Å²) in [5.41, 5.74) is 1.78. The monoisotopic (exact) mass is 380 g/mol. The highest BCUT2D eigenvalue weighted by molar-refractivity contribution is 7.09. The predicted molar refractivity (Wildman–Crippen MR) is 97.7 cm³/mol. The van der Waals surface area contributed by atoms with Crippen LogP contribution in [0.5, 0.6) is 5.75 Å². The maximum absolute atomic E-state index is 11.9. The van der Waals surface area contributed by atoms with Crippen molar-refractivity contribution in [2.24, 2.45) is 0 Å². The van der Waals surface area contributed by atoms with Crippen molar-refractivity contribution in [3.63, 3.8) is 0 Å². The molecule has 26 heavy (non-hydrogen) atoms. The molecule has 2 rings (SSSR count). The van der Waals surface area contributed by atoms with Gasteiger partial charge in [0.15, 0.2) is 0 Å². The van der Waals surface area contributed by atoms with Gasteiger partial charge in [0.05, 0.1) is 19.3 Å². The summed E-state index contributed by atoms with van der Waals surface area (Å²) in [6, 6.07) is 9.74. The Balaban J connectivity index is 0.000000487. The fourth-order valence-corrected chi connectivity index (χ4v) is 2.50. The molecule has 0 spiro atoms. The number of rotatable bonds is 6. The molecule has 1 heterocycles. The van der Waals surface area contributed by atoms with Gasteiger partial charge in [-0.15, -0.1) is 11.3 Å². The van der Waals surface area contributed by atoms with E-state index in [2.05, 4.69) is 10.6 Å². The number of carboxylic acid groups (broad SMARTS) is 2. The first-order valence-corrected chi connectivity index (χ1v) is 8.35. The molecule has 0 aliphatic rings. The Hall–Kier alpha value is -2.91. The standard InChI is InChI=1S/C15H18N2O2S.C2H2O4/c1-11-5-6-14(19-2)13(8-11)17-15(18)10-16-9-12-4-3-7-20-12;3-1(4)2(5)6/h3-8,16H,9-10H2,1-2H3,(H,17,18);(H,3,4)(H,5,6). The summed E-state index contributed by atoms with van der Waals surface area (Å²) in [5, 5.41) is 22.8. The maximum Gasteiger partial charge on any atom is 0.414 e. The van der Waals surface area contributed by atoms with Gasteiger partial charge in [-0.2, -0.15) is 0 Å². The van der Waals surface area contributed by atoms with Crippen molar-refractivity contribution in [1.29, 1.82) is 0 Å². The lowest BCUT2D eigenvalue weighted by Crippen LogP contribution is -2.27. The van der Waals surface area contributed by atoms with E-state index >= 15 is 0 Å². The second-order valence-corrected chi connectivity index (χ2v) is 6.08. The van der Waals surface area contributed by atoms with E-state index in [1.54, 1.807) is 18.4 Å². The molecule has 0 fully saturated rings. The molecule has 0 unspecified atom stereocenters. The number of hydrogen-bond donors (Lipinski definition) is 4. The molecule has 1 aromatic carbocycles. The minimum atomic E-state index is -1.82. The van der Waals surface area contributed by atoms with Crippen molar-refractivity contribution in [2.75, 3.05) is 19.0 Å². The van der Waals surface area contributed by atoms with E-state index < -0.39 is 11.9 Å². The van der Waals surface area contributed by atoms with Gasteiger partial charge in [0.1, 0.15) is 5.75 Å². The first-order valence-electron chi connectivity index (χ1n) is 7.47. The van der Waals surface area contributed by atoms with Gasteiger partial charge < -0.3 is 25.6 Å². The van der Waals surface area contributed by atoms with Gasteiger partial charge in [0.2, 0.25) is 5.91 Å². The quantitative estimate of drug-likeness (QED) is 0.565. The minimum Gasteiger partial charge on any atom is -0.495 e. The number of ether oxygens (including phenoxy) is 1. The summed E-state index contributed by atoms with van der Waals surface area (Å²) in [6.07, 6.45) is 0. The highest BCUT2D eigenvalue weighted by Gasteiger charge is 2.07. The number of aliphatic carboxylic acids is 2. The fourth-order valence-electron chi connectivity index (χ4n) is 1.83. The average Bonchev–Trinajstić information content (AvgIpc) is 3.09. The molecule has 0 radical (unpaired) electrons. The number of nitrogens with one attached hydrogen (secondary N) is 2. The Kier molecular flexibility index (Phi) is 8.82. The van der Waals surface area contributed by atoms with Crippen molar-refractivity contribution in [3.05, 3.63) is 46.2 Å². The molecule has 0 aliphatic carbocycles. The largest absolute Gasteiger partial charge is 0.495 e. The van der Waals surface area contributed by atoms with Crippen molar-refractivity contribution in [2.45, 2.75) is 13.5 Å². The van der Waals surface area contributed by atoms with Crippen molar-refractivity contribution in [3.8, 4) is 5.75 Å². The van der Waals surface area contributed by atoms with Crippen LogP contribution in [0.2, 0.25) is 0 Å². The summed E-state index contributed by atoms with van der Waals surface area (Å²) >= 11 is 1.67. The van der Waals surface area contributed by atoms with Gasteiger partial charge >= 0.3 is 11.9 Å². The Morgan fingerprint density at radius 3 is 2.38 bits per heavy atom. The zero-order valence-corrected chi connectivity index (χ0v) is 15.1. The topological polar surface area (TPSA) is 125 Å². The molecule has 0 bridgehead atoms. The van der Waals surface area contributed by atoms with Gasteiger partial charge in [0, 0.05) is 11.4 Å². The van der Waals surface area contributed by atoms with Gasteiger partial charge in [-0.3, -0.25) is 4.79 Å². The Bertz CT molecular complexity index is 734. The van der Waals surface area contributed by atoms with Crippen LogP contribution in [0.25, 0.3) is 0 Å². The van der Waals surface area contributed by atoms with Gasteiger partial charge in [-0.05, 0) is 36.1 Å². The van der Waals surface area contributed by atoms with Crippen LogP contribution in [0.15, 0.2) is 35.7 Å². The lowest BCUT2D eigenvalue weighted by molar-refractivity contribution is -0.159. The summed E-state index contributed by atoms with van der Waals surface area (Å²) in [7, 11) is 1.59. The number of carbonyl (C=O) groups is 3. The second-order valence-electron chi connectivity index (χ2n) is 5.05. The van der Waals surface area contributed by atoms with Crippen LogP contribution in [0.1, 0.15) is 10.4 Å². The van der Waals surface area contributed by atoms with E-state index in [-0.39, 0.29) is 12.5 Å². The molecule has 140 valence electrons. The number of carboxylic acids is 2. The van der Waals surface area contributed by atoms with E-state index in [9.17, 15) is 4.79 Å². The van der Waals surface area contributed by atoms with Crippen LogP contribution >= 0.6 is 11.3 Å². The number of methoxy groups -OCH3 is 1. The third-order valence-electron chi connectivity index (χ3n) is 2.98. The molecule has 2 aromatic rings. The molecule has 0 aliphatic heterocycles. The molecule has 4 N–H and O–H groups in total. The Morgan fingerprint density at radius 2 is 1.85 bits per heavy atom. The lowest BCUT2D eigenvalue weighted by Gasteiger charge is -2.11. The van der Waals surface area contributed by atoms with Gasteiger partial charge in [-0.1, -0.05) is 12.1 Å². The molecule has 0 saturated carbocycles. The minimum absolute atomic E-state index is 0.0783. The molecule has 8 nitrogen and oxygen atoms in total. The average molecular weight is 380 g/mol. The van der Waals surface area contributed by atoms with E-state index in [1.807, 2.05) is 42.6 Å². The van der Waals surface area contributed by atoms with E-state index in [0.717, 1.165) is 5.56 Å². The van der Waals surface area contributed by atoms with Crippen LogP contribution in [0.3, 0.4) is 0 Å². The number of thiophene rings is 1. The third-order valence-corrected chi connectivity index (χ3v) is 3.85. The first-order chi connectivity index (χ1) is 12.3. The van der Waals surface area contributed by atoms with Crippen molar-refractivity contribution >= 4 is 34.9 Å². The first kappa shape index (κ1) is 21.1. The summed E-state index contributed by atoms with van der Waals surface area (Å²) in [4.78, 5) is 31.3. The van der Waals surface area contributed by atoms with Crippen LogP contribution < -0.4 is 15.4 Å². The highest BCUT2D eigenvalue weighted by atomic mass is 32.1. The lowest BCUT2D eigenvalue weighted by atomic mass is 10.2. The smallest absolute Gasteiger partial charge is 0.414 e. The summed E-state index contributed by atoms with van der Waals surface area (Å²) < 4.78 is 5.23. The van der Waals surface area contributed by atoms with Gasteiger partial charge in [0.25, 0.3) is 0 Å². The summed E-state index contributed by atoms with van der Waals surface area (Å²) in [6.45, 7) is 2.95. The SMILES string of the molecule is COc1ccc(C)cc1NC(=O)CNCc1cccs1.O=C(O)C(=O)O. The number of carbonyl (C=O) groups excluding carboxylic acids is 1. The zero-order chi connectivity index (χ0) is 19.5. The van der Waals surface area contributed by atoms with Gasteiger partial charge in [-0.25, -0.2) is 9.59 Å². The zero-order valence-electron chi connectivity index (χ0n) is 14.3. The molecule has 1 amide bonds. The summed E-state index contributed by atoms with van der Waals surface area (Å²) in [5.74, 6) is -3.06. The van der Waals surface area contributed by atoms with Crippen molar-refractivity contribution < 1.29 is 29.3 Å². The number of benzene rings is 1. The number of aryl methyl sites for hydroxylation is 1. The third kappa shape index (κ3) is 7.77. The molecular weight excluding hydrogens is 360 g/mol. The Morgan fingerprint density at radius 1 is 1.15 bits per heavy atom. The maximum atomic E-state index is 11.9. The normalized spacial score (nSPS) is 9.62. The van der Waals surface area contributed by atoms with E-state index in [1.165, 1.54) is 4.88 Å². The van der Waals surface area contributed by atoms with Crippen LogP contribution in [-0.2, 0) is 20.9 Å². The van der Waals surface area contributed by atoms with Crippen LogP contribution in [0.4, 0.5) is 5.69 Å². The molecule has 9 heteroatoms. The predicted octanol–water partition coefficient (Wildman–Crippen LogP) is 1.95. The van der Waals surface area contributed by atoms with Crippen molar-refractivity contribution in [1.82, 2.24) is 5.32 Å². The molecular formula is C17H20N2O6S. The number of amides is 1. The molecule has 0 saturated heterocycles. The number of hydrogen-bond acceptors (Lipinski definition) is 6. The Labute approximate surface area is 154 Å². The second kappa shape index (κ2) is 10.9. The highest BCUT2D eigenvalue weighted by Crippen LogP contribution is 2.24. The molecule has 1 aromatic heterocycles. The fraction of sp³-hybridized carbons (Fsp3) is 0.235. The van der Waals surface area contributed by atoms with Crippen LogP contribution in [-0.4, -0.2) is 41.7 Å². The number of anilines is 1. The van der Waals surface area contributed by atoms with E-state index in [0.29, 0.717) is 18.0 Å². The molecule has 0 atom stereocenters. The van der Waals surface area contributed by atoms with E-state index in [4.69, 9.17) is 24.5 Å².